The molecule has 0 saturated carbocycles. The second kappa shape index (κ2) is 7.07. The third-order valence-electron chi connectivity index (χ3n) is 2.82. The molecule has 0 fully saturated rings. The van der Waals surface area contributed by atoms with Crippen molar-refractivity contribution in [3.05, 3.63) is 60.9 Å². The maximum absolute atomic E-state index is 10.5. The summed E-state index contributed by atoms with van der Waals surface area (Å²) < 4.78 is 8.11. The Balaban J connectivity index is 2.35. The van der Waals surface area contributed by atoms with E-state index in [1.54, 1.807) is 0 Å². The van der Waals surface area contributed by atoms with Crippen LogP contribution in [0.3, 0.4) is 0 Å². The molecule has 0 amide bonds. The number of halogens is 3. The van der Waals surface area contributed by atoms with E-state index >= 15 is 0 Å². The molecule has 1 unspecified atom stereocenters. The van der Waals surface area contributed by atoms with E-state index in [0.717, 1.165) is 30.3 Å². The Morgan fingerprint density at radius 3 is 2.45 bits per heavy atom. The average Bonchev–Trinajstić information content (AvgIpc) is 2.43. The summed E-state index contributed by atoms with van der Waals surface area (Å²) in [5.74, 6) is 0.775. The lowest BCUT2D eigenvalue weighted by atomic mass is 10.0. The van der Waals surface area contributed by atoms with E-state index in [9.17, 15) is 5.11 Å². The fourth-order valence-corrected chi connectivity index (χ4v) is 3.22. The Morgan fingerprint density at radius 1 is 1.05 bits per heavy atom. The molecule has 0 spiro atoms. The molecule has 2 nitrogen and oxygen atoms in total. The van der Waals surface area contributed by atoms with Gasteiger partial charge >= 0.3 is 0 Å². The molecule has 0 saturated heterocycles. The average molecular weight is 465 g/mol. The zero-order valence-corrected chi connectivity index (χ0v) is 15.5. The van der Waals surface area contributed by atoms with E-state index in [1.165, 1.54) is 0 Å². The molecule has 0 aliphatic rings. The van der Waals surface area contributed by atoms with E-state index in [-0.39, 0.29) is 0 Å². The topological polar surface area (TPSA) is 29.5 Å². The molecule has 2 aromatic carbocycles. The van der Waals surface area contributed by atoms with Gasteiger partial charge in [0.1, 0.15) is 11.9 Å². The van der Waals surface area contributed by atoms with Crippen molar-refractivity contribution in [2.24, 2.45) is 0 Å². The molecule has 1 N–H and O–H groups in total. The maximum Gasteiger partial charge on any atom is 0.133 e. The predicted octanol–water partition coefficient (Wildman–Crippen LogP) is 5.45. The van der Waals surface area contributed by atoms with Gasteiger partial charge in [0.2, 0.25) is 0 Å². The first-order chi connectivity index (χ1) is 9.52. The van der Waals surface area contributed by atoms with Crippen LogP contribution >= 0.6 is 47.8 Å². The fraction of sp³-hybridized carbons (Fsp3) is 0.200. The second-order valence-electron chi connectivity index (χ2n) is 4.19. The molecule has 0 heterocycles. The lowest BCUT2D eigenvalue weighted by Crippen LogP contribution is -2.02. The second-order valence-corrected chi connectivity index (χ2v) is 6.82. The first kappa shape index (κ1) is 16.0. The van der Waals surface area contributed by atoms with Gasteiger partial charge in [0.25, 0.3) is 0 Å². The Kier molecular flexibility index (Phi) is 5.66. The number of rotatable bonds is 4. The van der Waals surface area contributed by atoms with Crippen molar-refractivity contribution in [1.82, 2.24) is 0 Å². The highest BCUT2D eigenvalue weighted by atomic mass is 79.9. The van der Waals surface area contributed by atoms with E-state index in [4.69, 9.17) is 4.74 Å². The van der Waals surface area contributed by atoms with Gasteiger partial charge in [-0.2, -0.15) is 0 Å². The number of hydrogen-bond donors (Lipinski definition) is 1. The summed E-state index contributed by atoms with van der Waals surface area (Å²) in [6, 6.07) is 11.3. The van der Waals surface area contributed by atoms with Crippen LogP contribution in [0.25, 0.3) is 0 Å². The Hall–Kier alpha value is -0.360. The quantitative estimate of drug-likeness (QED) is 0.651. The number of aliphatic hydroxyl groups is 1. The highest BCUT2D eigenvalue weighted by Crippen LogP contribution is 2.34. The molecule has 1 atom stereocenters. The molecule has 2 rings (SSSR count). The van der Waals surface area contributed by atoms with Crippen molar-refractivity contribution < 1.29 is 9.84 Å². The van der Waals surface area contributed by atoms with Crippen LogP contribution in [-0.4, -0.2) is 11.7 Å². The summed E-state index contributed by atoms with van der Waals surface area (Å²) in [6.07, 6.45) is -0.700. The van der Waals surface area contributed by atoms with Gasteiger partial charge in [0, 0.05) is 14.5 Å². The molecule has 5 heteroatoms. The zero-order valence-electron chi connectivity index (χ0n) is 10.7. The predicted molar refractivity (Wildman–Crippen MR) is 91.2 cm³/mol. The largest absolute Gasteiger partial charge is 0.493 e. The monoisotopic (exact) mass is 462 g/mol. The van der Waals surface area contributed by atoms with E-state index in [2.05, 4.69) is 47.8 Å². The summed E-state index contributed by atoms with van der Waals surface area (Å²) in [4.78, 5) is 0. The number of ether oxygens (including phenoxy) is 1. The van der Waals surface area contributed by atoms with Gasteiger partial charge in [-0.3, -0.25) is 0 Å². The molecular formula is C15H13Br3O2. The minimum atomic E-state index is -0.700. The number of aliphatic hydroxyl groups excluding tert-OH is 1. The summed E-state index contributed by atoms with van der Waals surface area (Å²) in [7, 11) is 0. The highest BCUT2D eigenvalue weighted by Gasteiger charge is 2.15. The van der Waals surface area contributed by atoms with Gasteiger partial charge < -0.3 is 9.84 Å². The molecular weight excluding hydrogens is 452 g/mol. The van der Waals surface area contributed by atoms with E-state index in [0.29, 0.717) is 6.61 Å². The van der Waals surface area contributed by atoms with Crippen LogP contribution in [0.2, 0.25) is 0 Å². The lowest BCUT2D eigenvalue weighted by Gasteiger charge is -2.15. The van der Waals surface area contributed by atoms with Crippen LogP contribution in [0.5, 0.6) is 5.75 Å². The molecule has 2 aromatic rings. The minimum Gasteiger partial charge on any atom is -0.493 e. The molecule has 106 valence electrons. The van der Waals surface area contributed by atoms with E-state index < -0.39 is 6.10 Å². The first-order valence-electron chi connectivity index (χ1n) is 6.08. The SMILES string of the molecule is CCOc1ccc(C(O)c2cc(Br)ccc2Br)cc1Br. The van der Waals surface area contributed by atoms with Crippen molar-refractivity contribution in [1.29, 1.82) is 0 Å². The van der Waals surface area contributed by atoms with Crippen LogP contribution in [-0.2, 0) is 0 Å². The fourth-order valence-electron chi connectivity index (χ4n) is 1.86. The molecule has 0 aliphatic heterocycles. The smallest absolute Gasteiger partial charge is 0.133 e. The molecule has 20 heavy (non-hydrogen) atoms. The molecule has 0 bridgehead atoms. The third kappa shape index (κ3) is 3.64. The minimum absolute atomic E-state index is 0.609. The number of benzene rings is 2. The van der Waals surface area contributed by atoms with Crippen molar-refractivity contribution in [2.75, 3.05) is 6.61 Å². The Labute approximate surface area is 143 Å². The highest BCUT2D eigenvalue weighted by molar-refractivity contribution is 9.11. The van der Waals surface area contributed by atoms with Crippen LogP contribution < -0.4 is 4.74 Å². The summed E-state index contributed by atoms with van der Waals surface area (Å²) in [5, 5.41) is 10.5. The first-order valence-corrected chi connectivity index (χ1v) is 8.46. The lowest BCUT2D eigenvalue weighted by molar-refractivity contribution is 0.219. The summed E-state index contributed by atoms with van der Waals surface area (Å²) in [6.45, 7) is 2.55. The summed E-state index contributed by atoms with van der Waals surface area (Å²) >= 11 is 10.4. The van der Waals surface area contributed by atoms with Gasteiger partial charge in [0.15, 0.2) is 0 Å². The van der Waals surface area contributed by atoms with Crippen LogP contribution in [0.1, 0.15) is 24.2 Å². The zero-order chi connectivity index (χ0) is 14.7. The molecule has 0 aromatic heterocycles. The van der Waals surface area contributed by atoms with Crippen molar-refractivity contribution >= 4 is 47.8 Å². The van der Waals surface area contributed by atoms with Gasteiger partial charge in [0.05, 0.1) is 11.1 Å². The van der Waals surface area contributed by atoms with Gasteiger partial charge in [-0.15, -0.1) is 0 Å². The van der Waals surface area contributed by atoms with Crippen molar-refractivity contribution in [3.63, 3.8) is 0 Å². The van der Waals surface area contributed by atoms with Crippen molar-refractivity contribution in [2.45, 2.75) is 13.0 Å². The van der Waals surface area contributed by atoms with Gasteiger partial charge in [-0.05, 0) is 58.7 Å². The maximum atomic E-state index is 10.5. The Bertz CT molecular complexity index is 614. The Morgan fingerprint density at radius 2 is 1.80 bits per heavy atom. The summed E-state index contributed by atoms with van der Waals surface area (Å²) in [5.41, 5.74) is 1.62. The number of hydrogen-bond acceptors (Lipinski definition) is 2. The molecule has 0 aliphatic carbocycles. The van der Waals surface area contributed by atoms with Crippen LogP contribution in [0.15, 0.2) is 49.8 Å². The van der Waals surface area contributed by atoms with Gasteiger partial charge in [-0.1, -0.05) is 37.9 Å². The third-order valence-corrected chi connectivity index (χ3v) is 4.66. The normalized spacial score (nSPS) is 12.2. The van der Waals surface area contributed by atoms with E-state index in [1.807, 2.05) is 43.3 Å². The van der Waals surface area contributed by atoms with Crippen molar-refractivity contribution in [3.8, 4) is 5.75 Å². The van der Waals surface area contributed by atoms with Gasteiger partial charge in [-0.25, -0.2) is 0 Å². The van der Waals surface area contributed by atoms with Crippen LogP contribution in [0.4, 0.5) is 0 Å². The standard InChI is InChI=1S/C15H13Br3O2/c1-2-20-14-6-3-9(7-13(14)18)15(19)11-8-10(16)4-5-12(11)17/h3-8,15,19H,2H2,1H3. The van der Waals surface area contributed by atoms with Crippen LogP contribution in [0, 0.1) is 0 Å². The molecule has 0 radical (unpaired) electrons.